The number of hydrogen-bond acceptors (Lipinski definition) is 3. The minimum atomic E-state index is 0.0881. The van der Waals surface area contributed by atoms with Gasteiger partial charge in [0.25, 0.3) is 0 Å². The second-order valence-corrected chi connectivity index (χ2v) is 4.91. The van der Waals surface area contributed by atoms with Crippen LogP contribution in [0.3, 0.4) is 0 Å². The normalized spacial score (nSPS) is 16.0. The van der Waals surface area contributed by atoms with Crippen LogP contribution in [0.25, 0.3) is 0 Å². The van der Waals surface area contributed by atoms with Crippen LogP contribution in [0.15, 0.2) is 23.4 Å². The molecule has 0 bridgehead atoms. The van der Waals surface area contributed by atoms with E-state index < -0.39 is 0 Å². The molecular weight excluding hydrogens is 238 g/mol. The van der Waals surface area contributed by atoms with Crippen LogP contribution in [0.4, 0.5) is 5.69 Å². The predicted molar refractivity (Wildman–Crippen MR) is 70.0 cm³/mol. The molecule has 0 heterocycles. The standard InChI is InChI=1S/C12H16ClN3O/c1-16(7-8-2-3-8)11-5-4-9(13)6-10(11)12(14)15-17/h4-6,8,17H,2-3,7H2,1H3,(H2,14,15). The zero-order chi connectivity index (χ0) is 12.4. The molecule has 3 N–H and O–H groups in total. The van der Waals surface area contributed by atoms with Crippen LogP contribution >= 0.6 is 11.6 Å². The Kier molecular flexibility index (Phi) is 3.43. The SMILES string of the molecule is CN(CC1CC1)c1ccc(Cl)cc1C(N)=NO. The van der Waals surface area contributed by atoms with Crippen molar-refractivity contribution in [2.45, 2.75) is 12.8 Å². The molecule has 0 aliphatic heterocycles. The topological polar surface area (TPSA) is 61.8 Å². The van der Waals surface area contributed by atoms with E-state index in [4.69, 9.17) is 22.5 Å². The van der Waals surface area contributed by atoms with Crippen molar-refractivity contribution in [3.63, 3.8) is 0 Å². The molecule has 17 heavy (non-hydrogen) atoms. The van der Waals surface area contributed by atoms with E-state index in [0.717, 1.165) is 18.2 Å². The predicted octanol–water partition coefficient (Wildman–Crippen LogP) is 2.28. The van der Waals surface area contributed by atoms with Crippen LogP contribution in [-0.4, -0.2) is 24.6 Å². The van der Waals surface area contributed by atoms with Crippen LogP contribution in [0.2, 0.25) is 5.02 Å². The van der Waals surface area contributed by atoms with E-state index in [1.165, 1.54) is 12.8 Å². The van der Waals surface area contributed by atoms with Gasteiger partial charge < -0.3 is 15.8 Å². The fourth-order valence-corrected chi connectivity index (χ4v) is 2.06. The highest BCUT2D eigenvalue weighted by Gasteiger charge is 2.24. The van der Waals surface area contributed by atoms with Crippen molar-refractivity contribution in [1.29, 1.82) is 0 Å². The summed E-state index contributed by atoms with van der Waals surface area (Å²) in [7, 11) is 2.01. The molecular formula is C12H16ClN3O. The number of halogens is 1. The van der Waals surface area contributed by atoms with E-state index in [9.17, 15) is 0 Å². The Morgan fingerprint density at radius 2 is 2.29 bits per heavy atom. The third kappa shape index (κ3) is 2.82. The molecule has 0 radical (unpaired) electrons. The Labute approximate surface area is 106 Å². The number of nitrogens with two attached hydrogens (primary N) is 1. The van der Waals surface area contributed by atoms with Gasteiger partial charge in [-0.05, 0) is 37.0 Å². The highest BCUT2D eigenvalue weighted by atomic mass is 35.5. The van der Waals surface area contributed by atoms with Crippen molar-refractivity contribution in [2.24, 2.45) is 16.8 Å². The van der Waals surface area contributed by atoms with Gasteiger partial charge in [-0.15, -0.1) is 0 Å². The van der Waals surface area contributed by atoms with Gasteiger partial charge in [0, 0.05) is 29.9 Å². The molecule has 4 nitrogen and oxygen atoms in total. The van der Waals surface area contributed by atoms with Crippen molar-refractivity contribution in [2.75, 3.05) is 18.5 Å². The first-order chi connectivity index (χ1) is 8.11. The van der Waals surface area contributed by atoms with Crippen molar-refractivity contribution in [3.05, 3.63) is 28.8 Å². The van der Waals surface area contributed by atoms with Crippen LogP contribution < -0.4 is 10.6 Å². The van der Waals surface area contributed by atoms with E-state index in [2.05, 4.69) is 10.1 Å². The van der Waals surface area contributed by atoms with Crippen molar-refractivity contribution >= 4 is 23.1 Å². The highest BCUT2D eigenvalue weighted by molar-refractivity contribution is 6.31. The molecule has 5 heteroatoms. The molecule has 0 aromatic heterocycles. The quantitative estimate of drug-likeness (QED) is 0.375. The summed E-state index contributed by atoms with van der Waals surface area (Å²) in [6.07, 6.45) is 2.58. The summed E-state index contributed by atoms with van der Waals surface area (Å²) in [4.78, 5) is 2.13. The van der Waals surface area contributed by atoms with E-state index >= 15 is 0 Å². The molecule has 92 valence electrons. The van der Waals surface area contributed by atoms with E-state index in [1.54, 1.807) is 6.07 Å². The lowest BCUT2D eigenvalue weighted by atomic mass is 10.1. The van der Waals surface area contributed by atoms with Gasteiger partial charge in [-0.1, -0.05) is 16.8 Å². The molecule has 1 saturated carbocycles. The smallest absolute Gasteiger partial charge is 0.172 e. The lowest BCUT2D eigenvalue weighted by Crippen LogP contribution is -2.24. The second kappa shape index (κ2) is 4.84. The second-order valence-electron chi connectivity index (χ2n) is 4.47. The first kappa shape index (κ1) is 12.0. The van der Waals surface area contributed by atoms with Crippen molar-refractivity contribution < 1.29 is 5.21 Å². The lowest BCUT2D eigenvalue weighted by Gasteiger charge is -2.22. The lowest BCUT2D eigenvalue weighted by molar-refractivity contribution is 0.318. The average Bonchev–Trinajstić information content (AvgIpc) is 3.11. The summed E-state index contributed by atoms with van der Waals surface area (Å²) >= 11 is 5.93. The van der Waals surface area contributed by atoms with Crippen LogP contribution in [-0.2, 0) is 0 Å². The largest absolute Gasteiger partial charge is 0.409 e. The van der Waals surface area contributed by atoms with E-state index in [0.29, 0.717) is 10.6 Å². The molecule has 1 fully saturated rings. The maximum absolute atomic E-state index is 8.78. The van der Waals surface area contributed by atoms with Gasteiger partial charge in [0.2, 0.25) is 0 Å². The fraction of sp³-hybridized carbons (Fsp3) is 0.417. The summed E-state index contributed by atoms with van der Waals surface area (Å²) in [5.41, 5.74) is 7.27. The van der Waals surface area contributed by atoms with Gasteiger partial charge in [0.05, 0.1) is 0 Å². The fourth-order valence-electron chi connectivity index (χ4n) is 1.89. The van der Waals surface area contributed by atoms with Gasteiger partial charge in [-0.25, -0.2) is 0 Å². The summed E-state index contributed by atoms with van der Waals surface area (Å²) in [6.45, 7) is 0.993. The number of rotatable bonds is 4. The molecule has 1 aromatic rings. The van der Waals surface area contributed by atoms with Crippen LogP contribution in [0.1, 0.15) is 18.4 Å². The Bertz CT molecular complexity index is 443. The molecule has 0 saturated heterocycles. The number of hydrogen-bond donors (Lipinski definition) is 2. The maximum atomic E-state index is 8.78. The van der Waals surface area contributed by atoms with E-state index in [1.807, 2.05) is 19.2 Å². The molecule has 0 atom stereocenters. The molecule has 0 spiro atoms. The zero-order valence-corrected chi connectivity index (χ0v) is 10.5. The Morgan fingerprint density at radius 3 is 2.88 bits per heavy atom. The highest BCUT2D eigenvalue weighted by Crippen LogP contribution is 2.32. The molecule has 1 aliphatic carbocycles. The number of nitrogens with zero attached hydrogens (tertiary/aromatic N) is 2. The van der Waals surface area contributed by atoms with E-state index in [-0.39, 0.29) is 5.84 Å². The molecule has 2 rings (SSSR count). The van der Waals surface area contributed by atoms with Gasteiger partial charge >= 0.3 is 0 Å². The summed E-state index contributed by atoms with van der Waals surface area (Å²) in [5, 5.41) is 12.4. The van der Waals surface area contributed by atoms with Gasteiger partial charge in [0.1, 0.15) is 0 Å². The monoisotopic (exact) mass is 253 g/mol. The number of oxime groups is 1. The van der Waals surface area contributed by atoms with Crippen LogP contribution in [0, 0.1) is 5.92 Å². The average molecular weight is 254 g/mol. The Balaban J connectivity index is 2.30. The number of anilines is 1. The zero-order valence-electron chi connectivity index (χ0n) is 9.73. The van der Waals surface area contributed by atoms with Crippen molar-refractivity contribution in [1.82, 2.24) is 0 Å². The van der Waals surface area contributed by atoms with Gasteiger partial charge in [0.15, 0.2) is 5.84 Å². The first-order valence-corrected chi connectivity index (χ1v) is 5.98. The molecule has 0 unspecified atom stereocenters. The molecule has 1 aliphatic rings. The Hall–Kier alpha value is -1.42. The minimum Gasteiger partial charge on any atom is -0.409 e. The van der Waals surface area contributed by atoms with Gasteiger partial charge in [-0.3, -0.25) is 0 Å². The first-order valence-electron chi connectivity index (χ1n) is 5.60. The molecule has 0 amide bonds. The van der Waals surface area contributed by atoms with Gasteiger partial charge in [-0.2, -0.15) is 0 Å². The maximum Gasteiger partial charge on any atom is 0.172 e. The van der Waals surface area contributed by atoms with Crippen LogP contribution in [0.5, 0.6) is 0 Å². The minimum absolute atomic E-state index is 0.0881. The summed E-state index contributed by atoms with van der Waals surface area (Å²) in [6, 6.07) is 5.43. The number of amidine groups is 1. The summed E-state index contributed by atoms with van der Waals surface area (Å²) < 4.78 is 0. The number of benzene rings is 1. The Morgan fingerprint density at radius 1 is 1.59 bits per heavy atom. The summed E-state index contributed by atoms with van der Waals surface area (Å²) in [5.74, 6) is 0.862. The third-order valence-corrected chi connectivity index (χ3v) is 3.22. The van der Waals surface area contributed by atoms with Crippen molar-refractivity contribution in [3.8, 4) is 0 Å². The third-order valence-electron chi connectivity index (χ3n) is 2.98. The molecule has 1 aromatic carbocycles.